The summed E-state index contributed by atoms with van der Waals surface area (Å²) < 4.78 is 0. The lowest BCUT2D eigenvalue weighted by Crippen LogP contribution is -2.34. The molecule has 3 nitrogen and oxygen atoms in total. The molecule has 4 heteroatoms. The maximum Gasteiger partial charge on any atom is 0.0425 e. The van der Waals surface area contributed by atoms with Gasteiger partial charge in [-0.05, 0) is 37.3 Å². The Morgan fingerprint density at radius 2 is 2.05 bits per heavy atom. The van der Waals surface area contributed by atoms with Crippen LogP contribution < -0.4 is 11.1 Å². The van der Waals surface area contributed by atoms with E-state index in [-0.39, 0.29) is 0 Å². The second-order valence-corrected chi connectivity index (χ2v) is 6.51. The number of thioether (sulfide) groups is 1. The highest BCUT2D eigenvalue weighted by molar-refractivity contribution is 7.99. The smallest absolute Gasteiger partial charge is 0.0425 e. The van der Waals surface area contributed by atoms with Gasteiger partial charge in [0.1, 0.15) is 0 Å². The zero-order valence-corrected chi connectivity index (χ0v) is 12.6. The highest BCUT2D eigenvalue weighted by atomic mass is 32.2. The molecule has 0 amide bonds. The summed E-state index contributed by atoms with van der Waals surface area (Å²) in [4.78, 5) is 4.18. The Hall–Kier alpha value is -1.42. The molecule has 2 atom stereocenters. The van der Waals surface area contributed by atoms with E-state index < -0.39 is 0 Å². The lowest BCUT2D eigenvalue weighted by molar-refractivity contribution is 0.475. The molecule has 106 valence electrons. The average Bonchev–Trinajstić information content (AvgIpc) is 2.51. The Balaban J connectivity index is 1.92. The molecule has 1 aromatic heterocycles. The standard InChI is InChI=1S/C16H21N3S/c1-20-16-5-3-2-4-15(16)19-14-7-6-13(17)12-10-18-9-8-11(12)14/h6-10,15-16,19H,2-5,17H2,1H3. The fourth-order valence-corrected chi connectivity index (χ4v) is 4.02. The SMILES string of the molecule is CSC1CCCCC1Nc1ccc(N)c2cnccc12. The lowest BCUT2D eigenvalue weighted by Gasteiger charge is -2.32. The third-order valence-corrected chi connectivity index (χ3v) is 5.37. The van der Waals surface area contributed by atoms with Crippen molar-refractivity contribution in [2.75, 3.05) is 17.3 Å². The van der Waals surface area contributed by atoms with Crippen LogP contribution in [0.5, 0.6) is 0 Å². The molecular formula is C16H21N3S. The number of nitrogens with two attached hydrogens (primary N) is 1. The molecule has 1 aliphatic rings. The van der Waals surface area contributed by atoms with E-state index in [1.807, 2.05) is 36.3 Å². The molecule has 1 aliphatic carbocycles. The van der Waals surface area contributed by atoms with Crippen LogP contribution in [0.4, 0.5) is 11.4 Å². The van der Waals surface area contributed by atoms with Crippen LogP contribution in [0.2, 0.25) is 0 Å². The van der Waals surface area contributed by atoms with Gasteiger partial charge in [0.2, 0.25) is 0 Å². The summed E-state index contributed by atoms with van der Waals surface area (Å²) in [6.07, 6.45) is 11.1. The summed E-state index contributed by atoms with van der Waals surface area (Å²) >= 11 is 1.98. The van der Waals surface area contributed by atoms with Gasteiger partial charge in [-0.2, -0.15) is 11.8 Å². The van der Waals surface area contributed by atoms with Crippen LogP contribution in [0, 0.1) is 0 Å². The first-order valence-electron chi connectivity index (χ1n) is 7.21. The first-order valence-corrected chi connectivity index (χ1v) is 8.50. The minimum atomic E-state index is 0.554. The van der Waals surface area contributed by atoms with E-state index in [4.69, 9.17) is 5.73 Å². The molecule has 3 rings (SSSR count). The van der Waals surface area contributed by atoms with E-state index in [1.54, 1.807) is 0 Å². The number of aromatic nitrogens is 1. The van der Waals surface area contributed by atoms with Crippen LogP contribution in [-0.2, 0) is 0 Å². The lowest BCUT2D eigenvalue weighted by atomic mass is 9.94. The Kier molecular flexibility index (Phi) is 4.01. The first-order chi connectivity index (χ1) is 9.79. The topological polar surface area (TPSA) is 50.9 Å². The Labute approximate surface area is 124 Å². The summed E-state index contributed by atoms with van der Waals surface area (Å²) in [5, 5.41) is 6.66. The quantitative estimate of drug-likeness (QED) is 0.841. The largest absolute Gasteiger partial charge is 0.398 e. The number of hydrogen-bond acceptors (Lipinski definition) is 4. The minimum Gasteiger partial charge on any atom is -0.398 e. The van der Waals surface area contributed by atoms with Crippen molar-refractivity contribution in [2.45, 2.75) is 37.0 Å². The molecule has 1 heterocycles. The normalized spacial score (nSPS) is 22.9. The van der Waals surface area contributed by atoms with Gasteiger partial charge < -0.3 is 11.1 Å². The monoisotopic (exact) mass is 287 g/mol. The van der Waals surface area contributed by atoms with Crippen LogP contribution in [-0.4, -0.2) is 22.5 Å². The summed E-state index contributed by atoms with van der Waals surface area (Å²) in [6.45, 7) is 0. The molecule has 20 heavy (non-hydrogen) atoms. The fourth-order valence-electron chi connectivity index (χ4n) is 3.08. The number of anilines is 2. The van der Waals surface area contributed by atoms with E-state index in [2.05, 4.69) is 22.6 Å². The predicted molar refractivity (Wildman–Crippen MR) is 89.3 cm³/mol. The van der Waals surface area contributed by atoms with E-state index in [0.29, 0.717) is 11.3 Å². The maximum absolute atomic E-state index is 6.04. The number of nitrogen functional groups attached to an aromatic ring is 1. The van der Waals surface area contributed by atoms with Gasteiger partial charge in [-0.1, -0.05) is 12.8 Å². The molecule has 2 unspecified atom stereocenters. The van der Waals surface area contributed by atoms with Gasteiger partial charge in [-0.15, -0.1) is 0 Å². The highest BCUT2D eigenvalue weighted by Crippen LogP contribution is 2.33. The summed E-state index contributed by atoms with van der Waals surface area (Å²) in [5.74, 6) is 0. The van der Waals surface area contributed by atoms with Gasteiger partial charge in [-0.3, -0.25) is 4.98 Å². The second-order valence-electron chi connectivity index (χ2n) is 5.43. The molecule has 1 aromatic carbocycles. The minimum absolute atomic E-state index is 0.554. The maximum atomic E-state index is 6.04. The number of benzene rings is 1. The number of rotatable bonds is 3. The summed E-state index contributed by atoms with van der Waals surface area (Å²) in [7, 11) is 0. The Bertz CT molecular complexity index is 599. The number of fused-ring (bicyclic) bond motifs is 1. The van der Waals surface area contributed by atoms with E-state index in [0.717, 1.165) is 11.1 Å². The van der Waals surface area contributed by atoms with Gasteiger partial charge >= 0.3 is 0 Å². The number of hydrogen-bond donors (Lipinski definition) is 2. The van der Waals surface area contributed by atoms with Crippen molar-refractivity contribution in [2.24, 2.45) is 0 Å². The molecule has 2 aromatic rings. The molecule has 1 fully saturated rings. The van der Waals surface area contributed by atoms with Gasteiger partial charge in [-0.25, -0.2) is 0 Å². The van der Waals surface area contributed by atoms with Crippen LogP contribution in [0.15, 0.2) is 30.6 Å². The predicted octanol–water partition coefficient (Wildman–Crippen LogP) is 3.90. The van der Waals surface area contributed by atoms with Crippen molar-refractivity contribution in [1.82, 2.24) is 4.98 Å². The van der Waals surface area contributed by atoms with Gasteiger partial charge in [0.05, 0.1) is 0 Å². The highest BCUT2D eigenvalue weighted by Gasteiger charge is 2.24. The number of nitrogens with zero attached hydrogens (tertiary/aromatic N) is 1. The van der Waals surface area contributed by atoms with Crippen LogP contribution >= 0.6 is 11.8 Å². The molecule has 0 aliphatic heterocycles. The van der Waals surface area contributed by atoms with E-state index in [9.17, 15) is 0 Å². The van der Waals surface area contributed by atoms with Gasteiger partial charge in [0, 0.05) is 45.8 Å². The fraction of sp³-hybridized carbons (Fsp3) is 0.438. The summed E-state index contributed by atoms with van der Waals surface area (Å²) in [5.41, 5.74) is 8.02. The second kappa shape index (κ2) is 5.92. The van der Waals surface area contributed by atoms with Crippen molar-refractivity contribution in [1.29, 1.82) is 0 Å². The zero-order valence-electron chi connectivity index (χ0n) is 11.8. The molecule has 3 N–H and O–H groups in total. The molecule has 0 radical (unpaired) electrons. The molecular weight excluding hydrogens is 266 g/mol. The van der Waals surface area contributed by atoms with Crippen molar-refractivity contribution >= 4 is 33.9 Å². The third-order valence-electron chi connectivity index (χ3n) is 4.20. The van der Waals surface area contributed by atoms with Crippen molar-refractivity contribution < 1.29 is 0 Å². The Morgan fingerprint density at radius 1 is 1.20 bits per heavy atom. The molecule has 0 spiro atoms. The van der Waals surface area contributed by atoms with E-state index >= 15 is 0 Å². The Morgan fingerprint density at radius 3 is 2.90 bits per heavy atom. The summed E-state index contributed by atoms with van der Waals surface area (Å²) in [6, 6.07) is 6.68. The first kappa shape index (κ1) is 13.6. The molecule has 0 saturated heterocycles. The number of pyridine rings is 1. The van der Waals surface area contributed by atoms with Crippen molar-refractivity contribution in [3.63, 3.8) is 0 Å². The van der Waals surface area contributed by atoms with Gasteiger partial charge in [0.25, 0.3) is 0 Å². The van der Waals surface area contributed by atoms with Crippen LogP contribution in [0.1, 0.15) is 25.7 Å². The zero-order chi connectivity index (χ0) is 13.9. The molecule has 1 saturated carbocycles. The molecule has 0 bridgehead atoms. The third kappa shape index (κ3) is 2.57. The van der Waals surface area contributed by atoms with Crippen LogP contribution in [0.25, 0.3) is 10.8 Å². The van der Waals surface area contributed by atoms with Crippen molar-refractivity contribution in [3.05, 3.63) is 30.6 Å². The number of nitrogens with one attached hydrogen (secondary N) is 1. The average molecular weight is 287 g/mol. The van der Waals surface area contributed by atoms with Crippen LogP contribution in [0.3, 0.4) is 0 Å². The van der Waals surface area contributed by atoms with Crippen molar-refractivity contribution in [3.8, 4) is 0 Å². The van der Waals surface area contributed by atoms with E-state index in [1.165, 1.54) is 36.8 Å². The van der Waals surface area contributed by atoms with Gasteiger partial charge in [0.15, 0.2) is 0 Å².